The van der Waals surface area contributed by atoms with Gasteiger partial charge in [-0.1, -0.05) is 29.8 Å². The summed E-state index contributed by atoms with van der Waals surface area (Å²) in [5.74, 6) is 0. The molecule has 2 rings (SSSR count). The predicted molar refractivity (Wildman–Crippen MR) is 69.5 cm³/mol. The van der Waals surface area contributed by atoms with Crippen molar-refractivity contribution in [2.45, 2.75) is 33.7 Å². The molecule has 1 N–H and O–H groups in total. The van der Waals surface area contributed by atoms with E-state index in [-0.39, 0.29) is 11.6 Å². The largest absolute Gasteiger partial charge is 0.299 e. The van der Waals surface area contributed by atoms with Crippen LogP contribution in [0, 0.1) is 20.8 Å². The number of nitrogens with zero attached hydrogens (tertiary/aromatic N) is 1. The van der Waals surface area contributed by atoms with Crippen LogP contribution < -0.4 is 5.56 Å². The highest BCUT2D eigenvalue weighted by atomic mass is 16.1. The predicted octanol–water partition coefficient (Wildman–Crippen LogP) is 2.71. The maximum Gasteiger partial charge on any atom is 0.270 e. The fraction of sp³-hybridized carbons (Fsp3) is 0.357. The smallest absolute Gasteiger partial charge is 0.270 e. The molecule has 1 aromatic carbocycles. The lowest BCUT2D eigenvalue weighted by atomic mass is 10.1. The van der Waals surface area contributed by atoms with Crippen LogP contribution in [-0.4, -0.2) is 9.78 Å². The minimum atomic E-state index is 0.0375. The Morgan fingerprint density at radius 2 is 1.71 bits per heavy atom. The van der Waals surface area contributed by atoms with E-state index in [1.807, 2.05) is 20.8 Å². The number of hydrogen-bond acceptors (Lipinski definition) is 1. The second kappa shape index (κ2) is 4.24. The number of nitrogens with one attached hydrogen (secondary N) is 1. The second-order valence-electron chi connectivity index (χ2n) is 4.62. The first kappa shape index (κ1) is 11.7. The Kier molecular flexibility index (Phi) is 2.92. The number of H-pyrrole nitrogens is 1. The van der Waals surface area contributed by atoms with Crippen LogP contribution in [0.3, 0.4) is 0 Å². The van der Waals surface area contributed by atoms with Gasteiger partial charge in [0.1, 0.15) is 0 Å². The van der Waals surface area contributed by atoms with Crippen molar-refractivity contribution in [3.05, 3.63) is 57.0 Å². The maximum atomic E-state index is 12.0. The third kappa shape index (κ3) is 2.05. The molecule has 0 saturated carbocycles. The van der Waals surface area contributed by atoms with Gasteiger partial charge in [0.25, 0.3) is 5.56 Å². The topological polar surface area (TPSA) is 37.8 Å². The van der Waals surface area contributed by atoms with Crippen LogP contribution >= 0.6 is 0 Å². The number of benzene rings is 1. The quantitative estimate of drug-likeness (QED) is 0.846. The average molecular weight is 230 g/mol. The molecular weight excluding hydrogens is 212 g/mol. The van der Waals surface area contributed by atoms with Gasteiger partial charge in [-0.05, 0) is 33.3 Å². The fourth-order valence-electron chi connectivity index (χ4n) is 1.92. The molecule has 1 aromatic heterocycles. The Hall–Kier alpha value is -1.77. The zero-order chi connectivity index (χ0) is 12.6. The summed E-state index contributed by atoms with van der Waals surface area (Å²) in [6, 6.07) is 8.31. The zero-order valence-electron chi connectivity index (χ0n) is 10.7. The molecule has 0 aliphatic carbocycles. The third-order valence-corrected chi connectivity index (χ3v) is 3.34. The molecule has 1 heterocycles. The molecule has 3 nitrogen and oxygen atoms in total. The fourth-order valence-corrected chi connectivity index (χ4v) is 1.92. The number of hydrogen-bond donors (Lipinski definition) is 1. The van der Waals surface area contributed by atoms with Gasteiger partial charge in [0.2, 0.25) is 0 Å². The molecule has 1 atom stereocenters. The summed E-state index contributed by atoms with van der Waals surface area (Å²) in [4.78, 5) is 12.0. The summed E-state index contributed by atoms with van der Waals surface area (Å²) in [6.45, 7) is 7.87. The highest BCUT2D eigenvalue weighted by Crippen LogP contribution is 2.16. The molecule has 2 aromatic rings. The first-order chi connectivity index (χ1) is 8.00. The van der Waals surface area contributed by atoms with Crippen molar-refractivity contribution in [1.29, 1.82) is 0 Å². The Balaban J connectivity index is 2.43. The summed E-state index contributed by atoms with van der Waals surface area (Å²) in [5.41, 5.74) is 4.17. The van der Waals surface area contributed by atoms with Crippen molar-refractivity contribution >= 4 is 0 Å². The maximum absolute atomic E-state index is 12.0. The molecule has 3 heteroatoms. The van der Waals surface area contributed by atoms with Gasteiger partial charge in [0.15, 0.2) is 0 Å². The lowest BCUT2D eigenvalue weighted by molar-refractivity contribution is 0.544. The molecule has 90 valence electrons. The molecular formula is C14H18N2O. The van der Waals surface area contributed by atoms with Crippen LogP contribution in [0.1, 0.15) is 35.3 Å². The van der Waals surface area contributed by atoms with Crippen molar-refractivity contribution < 1.29 is 0 Å². The lowest BCUT2D eigenvalue weighted by Gasteiger charge is -2.13. The normalized spacial score (nSPS) is 12.7. The molecule has 0 saturated heterocycles. The van der Waals surface area contributed by atoms with Gasteiger partial charge in [-0.2, -0.15) is 0 Å². The van der Waals surface area contributed by atoms with Gasteiger partial charge in [0.05, 0.1) is 6.04 Å². The average Bonchev–Trinajstić information content (AvgIpc) is 2.57. The molecule has 0 aliphatic rings. The van der Waals surface area contributed by atoms with E-state index in [1.54, 1.807) is 4.68 Å². The number of aryl methyl sites for hydroxylation is 2. The zero-order valence-corrected chi connectivity index (χ0v) is 10.7. The Labute approximate surface area is 101 Å². The van der Waals surface area contributed by atoms with Crippen molar-refractivity contribution in [3.8, 4) is 0 Å². The highest BCUT2D eigenvalue weighted by molar-refractivity contribution is 5.25. The molecule has 1 unspecified atom stereocenters. The van der Waals surface area contributed by atoms with Crippen LogP contribution in [0.25, 0.3) is 0 Å². The summed E-state index contributed by atoms with van der Waals surface area (Å²) < 4.78 is 1.69. The highest BCUT2D eigenvalue weighted by Gasteiger charge is 2.13. The monoisotopic (exact) mass is 230 g/mol. The van der Waals surface area contributed by atoms with Gasteiger partial charge >= 0.3 is 0 Å². The van der Waals surface area contributed by atoms with E-state index in [0.29, 0.717) is 0 Å². The van der Waals surface area contributed by atoms with Crippen LogP contribution in [0.15, 0.2) is 29.1 Å². The first-order valence-corrected chi connectivity index (χ1v) is 5.85. The van der Waals surface area contributed by atoms with Crippen molar-refractivity contribution in [2.24, 2.45) is 0 Å². The third-order valence-electron chi connectivity index (χ3n) is 3.34. The van der Waals surface area contributed by atoms with E-state index >= 15 is 0 Å². The van der Waals surface area contributed by atoms with Crippen molar-refractivity contribution in [2.75, 3.05) is 0 Å². The van der Waals surface area contributed by atoms with Crippen LogP contribution in [0.4, 0.5) is 0 Å². The van der Waals surface area contributed by atoms with E-state index in [1.165, 1.54) is 5.56 Å². The molecule has 0 spiro atoms. The van der Waals surface area contributed by atoms with Crippen molar-refractivity contribution in [3.63, 3.8) is 0 Å². The summed E-state index contributed by atoms with van der Waals surface area (Å²) in [6.07, 6.45) is 0. The standard InChI is InChI=1S/C14H18N2O/c1-9-5-7-13(8-6-9)12(4)16-14(17)10(2)11(3)15-16/h5-8,12,15H,1-4H3. The SMILES string of the molecule is Cc1ccc(C(C)n2[nH]c(C)c(C)c2=O)cc1. The van der Waals surface area contributed by atoms with E-state index < -0.39 is 0 Å². The Morgan fingerprint density at radius 3 is 2.18 bits per heavy atom. The molecule has 0 radical (unpaired) electrons. The molecule has 0 bridgehead atoms. The van der Waals surface area contributed by atoms with E-state index in [0.717, 1.165) is 16.8 Å². The van der Waals surface area contributed by atoms with Crippen molar-refractivity contribution in [1.82, 2.24) is 9.78 Å². The second-order valence-corrected chi connectivity index (χ2v) is 4.62. The number of aromatic nitrogens is 2. The minimum absolute atomic E-state index is 0.0375. The van der Waals surface area contributed by atoms with Gasteiger partial charge in [-0.3, -0.25) is 9.89 Å². The summed E-state index contributed by atoms with van der Waals surface area (Å²) in [7, 11) is 0. The van der Waals surface area contributed by atoms with Gasteiger partial charge < -0.3 is 0 Å². The van der Waals surface area contributed by atoms with Gasteiger partial charge in [-0.25, -0.2) is 4.68 Å². The van der Waals surface area contributed by atoms with Gasteiger partial charge in [-0.15, -0.1) is 0 Å². The van der Waals surface area contributed by atoms with E-state index in [4.69, 9.17) is 0 Å². The molecule has 0 amide bonds. The Bertz CT molecular complexity index is 575. The molecule has 17 heavy (non-hydrogen) atoms. The summed E-state index contributed by atoms with van der Waals surface area (Å²) in [5, 5.41) is 3.13. The minimum Gasteiger partial charge on any atom is -0.299 e. The number of aromatic amines is 1. The van der Waals surface area contributed by atoms with Crippen LogP contribution in [0.5, 0.6) is 0 Å². The van der Waals surface area contributed by atoms with Gasteiger partial charge in [0, 0.05) is 11.3 Å². The van der Waals surface area contributed by atoms with E-state index in [2.05, 4.69) is 36.3 Å². The van der Waals surface area contributed by atoms with Crippen LogP contribution in [-0.2, 0) is 0 Å². The lowest BCUT2D eigenvalue weighted by Crippen LogP contribution is -2.22. The molecule has 0 fully saturated rings. The number of rotatable bonds is 2. The van der Waals surface area contributed by atoms with E-state index in [9.17, 15) is 4.79 Å². The summed E-state index contributed by atoms with van der Waals surface area (Å²) >= 11 is 0. The molecule has 0 aliphatic heterocycles. The first-order valence-electron chi connectivity index (χ1n) is 5.85. The van der Waals surface area contributed by atoms with Crippen LogP contribution in [0.2, 0.25) is 0 Å². The Morgan fingerprint density at radius 1 is 1.12 bits per heavy atom.